The molecular weight excluding hydrogens is 304 g/mol. The number of aromatic nitrogens is 2. The van der Waals surface area contributed by atoms with Gasteiger partial charge in [0.2, 0.25) is 0 Å². The van der Waals surface area contributed by atoms with Crippen molar-refractivity contribution in [3.8, 4) is 11.8 Å². The van der Waals surface area contributed by atoms with Gasteiger partial charge >= 0.3 is 0 Å². The van der Waals surface area contributed by atoms with Crippen molar-refractivity contribution in [3.05, 3.63) is 53.1 Å². The monoisotopic (exact) mass is 322 g/mol. The number of amides is 1. The quantitative estimate of drug-likeness (QED) is 0.932. The summed E-state index contributed by atoms with van der Waals surface area (Å²) in [4.78, 5) is 20.9. The van der Waals surface area contributed by atoms with E-state index in [-0.39, 0.29) is 18.6 Å². The van der Waals surface area contributed by atoms with Crippen LogP contribution in [0.1, 0.15) is 41.5 Å². The molecule has 2 aromatic rings. The Balaban J connectivity index is 1.63. The van der Waals surface area contributed by atoms with Crippen molar-refractivity contribution in [1.29, 1.82) is 5.26 Å². The first-order valence-corrected chi connectivity index (χ1v) is 7.91. The molecule has 1 aromatic heterocycles. The standard InChI is InChI=1S/C18H18N4O2/c1-12-20-10-14-15(21-12)6-4-7-16(14)22-18(23)11-24-17-8-3-2-5-13(17)9-19/h2-3,5,8,10,16H,4,6-7,11H2,1H3,(H,22,23)/t16-/m1/s1. The molecule has 0 unspecified atom stereocenters. The first kappa shape index (κ1) is 15.9. The highest BCUT2D eigenvalue weighted by molar-refractivity contribution is 5.78. The van der Waals surface area contributed by atoms with E-state index in [1.807, 2.05) is 13.0 Å². The number of para-hydroxylation sites is 1. The predicted octanol–water partition coefficient (Wildman–Crippen LogP) is 2.23. The Hall–Kier alpha value is -2.94. The number of carbonyl (C=O) groups is 1. The molecule has 0 bridgehead atoms. The first-order chi connectivity index (χ1) is 11.7. The summed E-state index contributed by atoms with van der Waals surface area (Å²) in [5.41, 5.74) is 2.41. The maximum Gasteiger partial charge on any atom is 0.258 e. The van der Waals surface area contributed by atoms with Crippen LogP contribution >= 0.6 is 0 Å². The Kier molecular flexibility index (Phi) is 4.71. The third-order valence-electron chi connectivity index (χ3n) is 4.00. The third-order valence-corrected chi connectivity index (χ3v) is 4.00. The second-order valence-corrected chi connectivity index (χ2v) is 5.73. The molecule has 0 fully saturated rings. The van der Waals surface area contributed by atoms with Crippen LogP contribution in [-0.2, 0) is 11.2 Å². The van der Waals surface area contributed by atoms with Gasteiger partial charge in [0.25, 0.3) is 5.91 Å². The maximum atomic E-state index is 12.2. The number of nitrogens with zero attached hydrogens (tertiary/aromatic N) is 3. The van der Waals surface area contributed by atoms with Crippen LogP contribution in [0.25, 0.3) is 0 Å². The van der Waals surface area contributed by atoms with Crippen LogP contribution in [0.3, 0.4) is 0 Å². The summed E-state index contributed by atoms with van der Waals surface area (Å²) in [5, 5.41) is 12.0. The molecule has 1 atom stereocenters. The van der Waals surface area contributed by atoms with Crippen molar-refractivity contribution in [2.24, 2.45) is 0 Å². The van der Waals surface area contributed by atoms with E-state index in [4.69, 9.17) is 10.00 Å². The average Bonchev–Trinajstić information content (AvgIpc) is 2.60. The number of benzene rings is 1. The van der Waals surface area contributed by atoms with Gasteiger partial charge < -0.3 is 10.1 Å². The lowest BCUT2D eigenvalue weighted by atomic mass is 9.92. The molecule has 1 aliphatic carbocycles. The van der Waals surface area contributed by atoms with Gasteiger partial charge in [0.1, 0.15) is 17.6 Å². The number of ether oxygens (including phenoxy) is 1. The summed E-state index contributed by atoms with van der Waals surface area (Å²) in [7, 11) is 0. The van der Waals surface area contributed by atoms with Gasteiger partial charge in [0.15, 0.2) is 6.61 Å². The van der Waals surface area contributed by atoms with Crippen LogP contribution < -0.4 is 10.1 Å². The minimum atomic E-state index is -0.221. The molecule has 1 aliphatic rings. The van der Waals surface area contributed by atoms with Crippen LogP contribution in [0.15, 0.2) is 30.5 Å². The minimum absolute atomic E-state index is 0.0864. The highest BCUT2D eigenvalue weighted by Crippen LogP contribution is 2.27. The molecule has 0 saturated carbocycles. The molecule has 0 saturated heterocycles. The Morgan fingerprint density at radius 3 is 3.12 bits per heavy atom. The number of rotatable bonds is 4. The summed E-state index contributed by atoms with van der Waals surface area (Å²) >= 11 is 0. The molecule has 6 nitrogen and oxygen atoms in total. The predicted molar refractivity (Wildman–Crippen MR) is 87.2 cm³/mol. The van der Waals surface area contributed by atoms with E-state index in [1.165, 1.54) is 0 Å². The second-order valence-electron chi connectivity index (χ2n) is 5.73. The molecule has 122 valence electrons. The smallest absolute Gasteiger partial charge is 0.258 e. The Morgan fingerprint density at radius 1 is 1.46 bits per heavy atom. The van der Waals surface area contributed by atoms with E-state index in [0.717, 1.165) is 36.3 Å². The van der Waals surface area contributed by atoms with Gasteiger partial charge in [-0.3, -0.25) is 4.79 Å². The van der Waals surface area contributed by atoms with Crippen molar-refractivity contribution in [2.75, 3.05) is 6.61 Å². The van der Waals surface area contributed by atoms with Gasteiger partial charge in [-0.1, -0.05) is 12.1 Å². The molecule has 0 radical (unpaired) electrons. The molecule has 0 spiro atoms. The summed E-state index contributed by atoms with van der Waals surface area (Å²) in [5.74, 6) is 0.941. The minimum Gasteiger partial charge on any atom is -0.482 e. The highest BCUT2D eigenvalue weighted by atomic mass is 16.5. The van der Waals surface area contributed by atoms with E-state index >= 15 is 0 Å². The molecule has 1 heterocycles. The van der Waals surface area contributed by atoms with Crippen molar-refractivity contribution in [1.82, 2.24) is 15.3 Å². The fourth-order valence-corrected chi connectivity index (χ4v) is 2.86. The topological polar surface area (TPSA) is 87.9 Å². The van der Waals surface area contributed by atoms with Crippen LogP contribution in [0, 0.1) is 18.3 Å². The van der Waals surface area contributed by atoms with Crippen LogP contribution in [-0.4, -0.2) is 22.5 Å². The van der Waals surface area contributed by atoms with Crippen LogP contribution in [0.2, 0.25) is 0 Å². The van der Waals surface area contributed by atoms with E-state index in [9.17, 15) is 4.79 Å². The number of hydrogen-bond acceptors (Lipinski definition) is 5. The average molecular weight is 322 g/mol. The zero-order valence-electron chi connectivity index (χ0n) is 13.5. The van der Waals surface area contributed by atoms with Gasteiger partial charge in [-0.2, -0.15) is 5.26 Å². The summed E-state index contributed by atoms with van der Waals surface area (Å²) in [6.07, 6.45) is 4.55. The lowest BCUT2D eigenvalue weighted by Gasteiger charge is -2.25. The lowest BCUT2D eigenvalue weighted by molar-refractivity contribution is -0.124. The second kappa shape index (κ2) is 7.09. The first-order valence-electron chi connectivity index (χ1n) is 7.91. The highest BCUT2D eigenvalue weighted by Gasteiger charge is 2.23. The van der Waals surface area contributed by atoms with Crippen molar-refractivity contribution < 1.29 is 9.53 Å². The molecule has 24 heavy (non-hydrogen) atoms. The van der Waals surface area contributed by atoms with Crippen molar-refractivity contribution in [3.63, 3.8) is 0 Å². The molecule has 1 aromatic carbocycles. The SMILES string of the molecule is Cc1ncc2c(n1)CCC[C@H]2NC(=O)COc1ccccc1C#N. The van der Waals surface area contributed by atoms with Gasteiger partial charge in [-0.25, -0.2) is 9.97 Å². The molecule has 3 rings (SSSR count). The van der Waals surface area contributed by atoms with Gasteiger partial charge in [-0.05, 0) is 38.3 Å². The van der Waals surface area contributed by atoms with E-state index < -0.39 is 0 Å². The molecule has 1 amide bonds. The van der Waals surface area contributed by atoms with Crippen molar-refractivity contribution >= 4 is 5.91 Å². The number of nitriles is 1. The zero-order valence-corrected chi connectivity index (χ0v) is 13.5. The molecule has 1 N–H and O–H groups in total. The summed E-state index contributed by atoms with van der Waals surface area (Å²) < 4.78 is 5.47. The maximum absolute atomic E-state index is 12.2. The summed E-state index contributed by atoms with van der Waals surface area (Å²) in [6.45, 7) is 1.74. The van der Waals surface area contributed by atoms with Crippen molar-refractivity contribution in [2.45, 2.75) is 32.2 Å². The lowest BCUT2D eigenvalue weighted by Crippen LogP contribution is -2.34. The number of fused-ring (bicyclic) bond motifs is 1. The fraction of sp³-hybridized carbons (Fsp3) is 0.333. The zero-order chi connectivity index (χ0) is 16.9. The number of nitrogens with one attached hydrogen (secondary N) is 1. The normalized spacial score (nSPS) is 15.9. The van der Waals surface area contributed by atoms with Crippen LogP contribution in [0.4, 0.5) is 0 Å². The molecule has 0 aliphatic heterocycles. The molecular formula is C18H18N4O2. The largest absolute Gasteiger partial charge is 0.482 e. The van der Waals surface area contributed by atoms with Crippen LogP contribution in [0.5, 0.6) is 5.75 Å². The summed E-state index contributed by atoms with van der Waals surface area (Å²) in [6, 6.07) is 8.82. The Labute approximate surface area is 140 Å². The third kappa shape index (κ3) is 3.51. The van der Waals surface area contributed by atoms with Gasteiger partial charge in [0.05, 0.1) is 11.6 Å². The Morgan fingerprint density at radius 2 is 2.29 bits per heavy atom. The van der Waals surface area contributed by atoms with E-state index in [2.05, 4.69) is 15.3 Å². The van der Waals surface area contributed by atoms with E-state index in [0.29, 0.717) is 11.3 Å². The van der Waals surface area contributed by atoms with Gasteiger partial charge in [0, 0.05) is 17.5 Å². The fourth-order valence-electron chi connectivity index (χ4n) is 2.86. The van der Waals surface area contributed by atoms with E-state index in [1.54, 1.807) is 30.5 Å². The molecule has 6 heteroatoms. The number of carbonyl (C=O) groups excluding carboxylic acids is 1. The Bertz CT molecular complexity index is 798. The van der Waals surface area contributed by atoms with Gasteiger partial charge in [-0.15, -0.1) is 0 Å². The number of aryl methyl sites for hydroxylation is 2. The number of hydrogen-bond donors (Lipinski definition) is 1.